The first-order valence-corrected chi connectivity index (χ1v) is 17.7. The van der Waals surface area contributed by atoms with Crippen LogP contribution in [-0.4, -0.2) is 23.0 Å². The standard InChI is InChI=1S/C24H15N2O2.C14H16NSi.Ir/c1-13-10-20(25-12-14(13)2)17-8-5-7-16-19-11-18-15-6-3-4-9-21(15)27-23(18)26-24(19)28-22(16)17;1-16(2,3)13-9-10-14(15-11-13)12-7-5-4-6-8-12;/h3-7,9-12H,1-2H3;4-7,9-11H,1-3H3;/q2*-1;/i1D3,2D3;;. The molecule has 0 bridgehead atoms. The maximum atomic E-state index is 7.84. The van der Waals surface area contributed by atoms with Crippen LogP contribution in [0.2, 0.25) is 19.6 Å². The van der Waals surface area contributed by atoms with E-state index in [1.807, 2.05) is 66.9 Å². The first-order valence-electron chi connectivity index (χ1n) is 17.2. The molecule has 0 aliphatic rings. The zero-order valence-electron chi connectivity index (χ0n) is 30.7. The minimum atomic E-state index is -2.63. The van der Waals surface area contributed by atoms with Gasteiger partial charge >= 0.3 is 0 Å². The van der Waals surface area contributed by atoms with Gasteiger partial charge in [0.1, 0.15) is 5.58 Å². The van der Waals surface area contributed by atoms with Crippen molar-refractivity contribution in [2.45, 2.75) is 33.3 Å². The Bertz CT molecular complexity index is 2510. The van der Waals surface area contributed by atoms with Gasteiger partial charge in [-0.3, -0.25) is 0 Å². The second kappa shape index (κ2) is 12.2. The van der Waals surface area contributed by atoms with Crippen molar-refractivity contribution in [3.05, 3.63) is 121 Å². The molecular formula is C38H31IrN3O2Si-2. The normalized spacial score (nSPS) is 14.0. The van der Waals surface area contributed by atoms with Crippen LogP contribution in [0.25, 0.3) is 66.7 Å². The van der Waals surface area contributed by atoms with E-state index in [0.29, 0.717) is 22.6 Å². The van der Waals surface area contributed by atoms with Crippen LogP contribution in [0.3, 0.4) is 0 Å². The number of aromatic nitrogens is 3. The molecule has 0 unspecified atom stereocenters. The summed E-state index contributed by atoms with van der Waals surface area (Å²) in [6.07, 6.45) is 3.11. The monoisotopic (exact) mass is 788 g/mol. The second-order valence-corrected chi connectivity index (χ2v) is 16.6. The Balaban J connectivity index is 0.000000222. The number of pyridine rings is 3. The fraction of sp³-hybridized carbons (Fsp3) is 0.132. The molecular weight excluding hydrogens is 751 g/mol. The summed E-state index contributed by atoms with van der Waals surface area (Å²) in [6, 6.07) is 32.9. The molecule has 5 nitrogen and oxygen atoms in total. The zero-order valence-corrected chi connectivity index (χ0v) is 28.1. The predicted octanol–water partition coefficient (Wildman–Crippen LogP) is 9.45. The molecule has 0 atom stereocenters. The Labute approximate surface area is 285 Å². The molecule has 0 amide bonds. The van der Waals surface area contributed by atoms with Crippen LogP contribution >= 0.6 is 0 Å². The van der Waals surface area contributed by atoms with Crippen molar-refractivity contribution in [1.29, 1.82) is 0 Å². The largest absolute Gasteiger partial charge is 0.486 e. The van der Waals surface area contributed by atoms with Crippen LogP contribution in [0, 0.1) is 25.8 Å². The van der Waals surface area contributed by atoms with Crippen LogP contribution in [0.15, 0.2) is 106 Å². The van der Waals surface area contributed by atoms with Gasteiger partial charge in [0.2, 0.25) is 11.4 Å². The number of aryl methyl sites for hydroxylation is 2. The molecule has 225 valence electrons. The van der Waals surface area contributed by atoms with Gasteiger partial charge < -0.3 is 18.8 Å². The maximum Gasteiger partial charge on any atom is 0.230 e. The summed E-state index contributed by atoms with van der Waals surface area (Å²) in [5, 5.41) is 4.70. The SMILES string of the molecule is C[Si](C)(C)c1ccc(-c2[c-]cccc2)nc1.[2H]C([2H])([2H])c1cnc(-c2[c-]ccc3c2oc2nc4oc5ccccc5c4cc23)cc1C([2H])([2H])[2H].[Ir]. The molecule has 0 spiro atoms. The van der Waals surface area contributed by atoms with Gasteiger partial charge in [-0.2, -0.15) is 4.98 Å². The number of benzene rings is 3. The van der Waals surface area contributed by atoms with Gasteiger partial charge in [0.25, 0.3) is 0 Å². The van der Waals surface area contributed by atoms with Gasteiger partial charge in [-0.05, 0) is 48.0 Å². The molecule has 0 fully saturated rings. The summed E-state index contributed by atoms with van der Waals surface area (Å²) in [5.41, 5.74) is 4.10. The van der Waals surface area contributed by atoms with E-state index in [0.717, 1.165) is 44.6 Å². The summed E-state index contributed by atoms with van der Waals surface area (Å²) < 4.78 is 58.5. The van der Waals surface area contributed by atoms with Crippen LogP contribution in [0.5, 0.6) is 0 Å². The van der Waals surface area contributed by atoms with Gasteiger partial charge in [0, 0.05) is 56.9 Å². The number of nitrogens with zero attached hydrogens (tertiary/aromatic N) is 3. The van der Waals surface area contributed by atoms with Crippen LogP contribution in [0.1, 0.15) is 19.4 Å². The number of hydrogen-bond donors (Lipinski definition) is 0. The van der Waals surface area contributed by atoms with E-state index in [1.165, 1.54) is 11.3 Å². The molecule has 0 aliphatic carbocycles. The van der Waals surface area contributed by atoms with Gasteiger partial charge in [-0.15, -0.1) is 54.1 Å². The number of fused-ring (bicyclic) bond motifs is 6. The van der Waals surface area contributed by atoms with E-state index in [-0.39, 0.29) is 36.9 Å². The Hall–Kier alpha value is -4.42. The Morgan fingerprint density at radius 1 is 0.689 bits per heavy atom. The van der Waals surface area contributed by atoms with E-state index in [4.69, 9.17) is 17.1 Å². The Morgan fingerprint density at radius 2 is 1.47 bits per heavy atom. The van der Waals surface area contributed by atoms with Gasteiger partial charge in [0.05, 0.1) is 13.7 Å². The first kappa shape index (κ1) is 23.9. The fourth-order valence-corrected chi connectivity index (χ4v) is 6.17. The van der Waals surface area contributed by atoms with E-state index in [9.17, 15) is 0 Å². The average molecular weight is 788 g/mol. The van der Waals surface area contributed by atoms with Crippen molar-refractivity contribution in [2.75, 3.05) is 0 Å². The quantitative estimate of drug-likeness (QED) is 0.132. The summed E-state index contributed by atoms with van der Waals surface area (Å²) in [7, 11) is -1.23. The summed E-state index contributed by atoms with van der Waals surface area (Å²) >= 11 is 0. The van der Waals surface area contributed by atoms with Gasteiger partial charge in [-0.25, -0.2) is 0 Å². The van der Waals surface area contributed by atoms with Crippen molar-refractivity contribution in [2.24, 2.45) is 0 Å². The van der Waals surface area contributed by atoms with Crippen molar-refractivity contribution in [3.63, 3.8) is 0 Å². The minimum absolute atomic E-state index is 0. The zero-order chi connectivity index (χ0) is 35.4. The van der Waals surface area contributed by atoms with E-state index >= 15 is 0 Å². The molecule has 7 heteroatoms. The Kier molecular flexibility index (Phi) is 6.46. The number of rotatable bonds is 3. The molecule has 1 radical (unpaired) electrons. The van der Waals surface area contributed by atoms with Crippen molar-refractivity contribution >= 4 is 57.4 Å². The van der Waals surface area contributed by atoms with Crippen LogP contribution in [-0.2, 0) is 20.1 Å². The van der Waals surface area contributed by atoms with Crippen molar-refractivity contribution in [1.82, 2.24) is 15.0 Å². The first-order chi connectivity index (χ1) is 23.7. The number of hydrogen-bond acceptors (Lipinski definition) is 5. The maximum absolute atomic E-state index is 7.84. The third kappa shape index (κ3) is 5.87. The summed E-state index contributed by atoms with van der Waals surface area (Å²) in [5.74, 6) is 0. The molecule has 0 aliphatic heterocycles. The third-order valence-electron chi connectivity index (χ3n) is 7.55. The van der Waals surface area contributed by atoms with Crippen molar-refractivity contribution in [3.8, 4) is 22.5 Å². The summed E-state index contributed by atoms with van der Waals surface area (Å²) in [4.78, 5) is 13.3. The third-order valence-corrected chi connectivity index (χ3v) is 9.58. The fourth-order valence-electron chi connectivity index (χ4n) is 5.14. The molecule has 0 saturated heterocycles. The molecule has 3 aromatic carbocycles. The molecule has 5 heterocycles. The van der Waals surface area contributed by atoms with E-state index in [2.05, 4.69) is 58.9 Å². The predicted molar refractivity (Wildman–Crippen MR) is 182 cm³/mol. The second-order valence-electron chi connectivity index (χ2n) is 11.6. The average Bonchev–Trinajstić information content (AvgIpc) is 3.64. The van der Waals surface area contributed by atoms with Gasteiger partial charge in [0.15, 0.2) is 0 Å². The molecule has 0 N–H and O–H groups in total. The molecule has 45 heavy (non-hydrogen) atoms. The van der Waals surface area contributed by atoms with E-state index < -0.39 is 21.8 Å². The molecule has 5 aromatic heterocycles. The Morgan fingerprint density at radius 3 is 2.22 bits per heavy atom. The molecule has 0 saturated carbocycles. The number of furan rings is 2. The molecule has 8 aromatic rings. The van der Waals surface area contributed by atoms with Crippen LogP contribution in [0.4, 0.5) is 0 Å². The van der Waals surface area contributed by atoms with Gasteiger partial charge in [-0.1, -0.05) is 72.6 Å². The number of para-hydroxylation sites is 1. The minimum Gasteiger partial charge on any atom is -0.486 e. The smallest absolute Gasteiger partial charge is 0.230 e. The van der Waals surface area contributed by atoms with Crippen molar-refractivity contribution < 1.29 is 37.2 Å². The van der Waals surface area contributed by atoms with Crippen LogP contribution < -0.4 is 5.19 Å². The molecule has 8 rings (SSSR count). The van der Waals surface area contributed by atoms with E-state index in [1.54, 1.807) is 6.07 Å². The summed E-state index contributed by atoms with van der Waals surface area (Å²) in [6.45, 7) is 1.76. The topological polar surface area (TPSA) is 65.0 Å².